The molecule has 226 valence electrons. The first-order valence-electron chi connectivity index (χ1n) is 15.8. The molecule has 0 spiro atoms. The fraction of sp³-hybridized carbons (Fsp3) is 0.906. The van der Waals surface area contributed by atoms with Crippen LogP contribution in [0.4, 0.5) is 0 Å². The molecule has 0 aliphatic rings. The highest BCUT2D eigenvalue weighted by atomic mass is 16.9. The minimum absolute atomic E-state index is 0.166. The number of hydrogen-bond donors (Lipinski definition) is 0. The lowest BCUT2D eigenvalue weighted by atomic mass is 9.92. The molecule has 1 atom stereocenters. The molecule has 0 aromatic carbocycles. The summed E-state index contributed by atoms with van der Waals surface area (Å²) in [5, 5.41) is 0. The van der Waals surface area contributed by atoms with Crippen LogP contribution >= 0.6 is 0 Å². The van der Waals surface area contributed by atoms with E-state index in [1.807, 2.05) is 0 Å². The second kappa shape index (κ2) is 26.3. The average Bonchev–Trinajstić information content (AvgIpc) is 2.90. The zero-order chi connectivity index (χ0) is 28.3. The largest absolute Gasteiger partial charge is 0.462 e. The first-order valence-corrected chi connectivity index (χ1v) is 15.8. The fourth-order valence-corrected chi connectivity index (χ4v) is 4.21. The number of carbonyl (C=O) groups excluding carboxylic acids is 1. The molecule has 0 aromatic rings. The van der Waals surface area contributed by atoms with Gasteiger partial charge in [0, 0.05) is 31.1 Å². The van der Waals surface area contributed by atoms with Crippen LogP contribution in [0.15, 0.2) is 12.2 Å². The van der Waals surface area contributed by atoms with Gasteiger partial charge in [0.1, 0.15) is 0 Å². The second-order valence-corrected chi connectivity index (χ2v) is 10.5. The van der Waals surface area contributed by atoms with Crippen LogP contribution in [0.5, 0.6) is 0 Å². The Hall–Kier alpha value is -0.950. The van der Waals surface area contributed by atoms with E-state index in [0.717, 1.165) is 64.2 Å². The molecule has 38 heavy (non-hydrogen) atoms. The molecule has 0 N–H and O–H groups in total. The van der Waals surface area contributed by atoms with Crippen molar-refractivity contribution in [1.29, 1.82) is 0 Å². The zero-order valence-electron chi connectivity index (χ0n) is 25.8. The van der Waals surface area contributed by atoms with Crippen molar-refractivity contribution in [2.75, 3.05) is 39.6 Å². The van der Waals surface area contributed by atoms with Gasteiger partial charge in [0.15, 0.2) is 0 Å². The van der Waals surface area contributed by atoms with Gasteiger partial charge in [-0.05, 0) is 45.4 Å². The molecule has 0 fully saturated rings. The minimum atomic E-state index is -0.973. The summed E-state index contributed by atoms with van der Waals surface area (Å²) < 4.78 is 30.6. The summed E-state index contributed by atoms with van der Waals surface area (Å²) in [6, 6.07) is 0. The molecule has 0 radical (unpaired) electrons. The van der Waals surface area contributed by atoms with Crippen LogP contribution < -0.4 is 0 Å². The zero-order valence-corrected chi connectivity index (χ0v) is 25.8. The van der Waals surface area contributed by atoms with Crippen LogP contribution in [-0.2, 0) is 28.5 Å². The summed E-state index contributed by atoms with van der Waals surface area (Å²) in [6.45, 7) is 17.6. The van der Waals surface area contributed by atoms with E-state index in [0.29, 0.717) is 51.6 Å². The molecule has 1 unspecified atom stereocenters. The van der Waals surface area contributed by atoms with Crippen LogP contribution in [0.2, 0.25) is 0 Å². The van der Waals surface area contributed by atoms with Gasteiger partial charge in [-0.2, -0.15) is 0 Å². The molecule has 0 heterocycles. The Labute approximate surface area is 235 Å². The van der Waals surface area contributed by atoms with E-state index in [9.17, 15) is 4.79 Å². The Balaban J connectivity index is 5.16. The molecule has 0 aliphatic heterocycles. The molecule has 0 aliphatic carbocycles. The lowest BCUT2D eigenvalue weighted by Gasteiger charge is -2.40. The van der Waals surface area contributed by atoms with Crippen molar-refractivity contribution >= 4 is 5.97 Å². The maximum atomic E-state index is 11.5. The second-order valence-electron chi connectivity index (χ2n) is 10.5. The maximum Gasteiger partial charge on any atom is 0.333 e. The van der Waals surface area contributed by atoms with Crippen molar-refractivity contribution in [3.05, 3.63) is 12.2 Å². The first-order chi connectivity index (χ1) is 18.5. The number of carbonyl (C=O) groups is 1. The van der Waals surface area contributed by atoms with Crippen LogP contribution in [0.1, 0.15) is 137 Å². The van der Waals surface area contributed by atoms with Crippen LogP contribution in [0.25, 0.3) is 0 Å². The van der Waals surface area contributed by atoms with E-state index in [1.54, 1.807) is 6.92 Å². The van der Waals surface area contributed by atoms with Crippen LogP contribution in [-0.4, -0.2) is 51.6 Å². The lowest BCUT2D eigenvalue weighted by Crippen LogP contribution is -2.47. The normalized spacial score (nSPS) is 12.6. The smallest absolute Gasteiger partial charge is 0.333 e. The molecule has 0 bridgehead atoms. The molecule has 0 amide bonds. The van der Waals surface area contributed by atoms with Crippen molar-refractivity contribution in [3.63, 3.8) is 0 Å². The Bertz CT molecular complexity index is 524. The van der Waals surface area contributed by atoms with Gasteiger partial charge in [-0.1, -0.05) is 92.1 Å². The third-order valence-electron chi connectivity index (χ3n) is 6.67. The van der Waals surface area contributed by atoms with Crippen molar-refractivity contribution in [2.45, 2.75) is 143 Å². The molecular weight excluding hydrogens is 480 g/mol. The number of rotatable bonds is 29. The first kappa shape index (κ1) is 37.0. The summed E-state index contributed by atoms with van der Waals surface area (Å²) >= 11 is 0. The summed E-state index contributed by atoms with van der Waals surface area (Å²) in [7, 11) is 0. The summed E-state index contributed by atoms with van der Waals surface area (Å²) in [5.74, 6) is -1.15. The van der Waals surface area contributed by atoms with Gasteiger partial charge in [0.05, 0.1) is 26.4 Å². The molecule has 0 saturated heterocycles. The highest BCUT2D eigenvalue weighted by molar-refractivity contribution is 5.86. The molecule has 0 saturated carbocycles. The summed E-state index contributed by atoms with van der Waals surface area (Å²) in [5.41, 5.74) is 0.425. The topological polar surface area (TPSA) is 63.2 Å². The summed E-state index contributed by atoms with van der Waals surface area (Å²) in [6.07, 6.45) is 17.4. The lowest BCUT2D eigenvalue weighted by molar-refractivity contribution is -0.407. The minimum Gasteiger partial charge on any atom is -0.462 e. The Morgan fingerprint density at radius 2 is 1.08 bits per heavy atom. The quantitative estimate of drug-likeness (QED) is 0.0407. The fourth-order valence-electron chi connectivity index (χ4n) is 4.21. The standard InChI is InChI=1S/C32H62O6/c1-7-11-15-16-17-18-21-30(22-19-23-34-24-20-25-35-31(33)29(5)6)32(36-26-12-8-2,37-27-13-9-3)38-28-14-10-4/h30H,5,7-28H2,1-4,6H3. The number of unbranched alkanes of at least 4 members (excludes halogenated alkanes) is 8. The summed E-state index contributed by atoms with van der Waals surface area (Å²) in [4.78, 5) is 11.5. The van der Waals surface area contributed by atoms with E-state index in [4.69, 9.17) is 23.7 Å². The van der Waals surface area contributed by atoms with Crippen molar-refractivity contribution in [2.24, 2.45) is 5.92 Å². The van der Waals surface area contributed by atoms with Gasteiger partial charge in [-0.3, -0.25) is 0 Å². The Kier molecular flexibility index (Phi) is 25.6. The number of ether oxygens (including phenoxy) is 5. The maximum absolute atomic E-state index is 11.5. The third kappa shape index (κ3) is 19.2. The molecule has 6 nitrogen and oxygen atoms in total. The van der Waals surface area contributed by atoms with Gasteiger partial charge in [0.25, 0.3) is 5.97 Å². The molecule has 0 rings (SSSR count). The van der Waals surface area contributed by atoms with Gasteiger partial charge >= 0.3 is 5.97 Å². The predicted molar refractivity (Wildman–Crippen MR) is 157 cm³/mol. The Morgan fingerprint density at radius 3 is 1.61 bits per heavy atom. The monoisotopic (exact) mass is 542 g/mol. The molecule has 0 aromatic heterocycles. The van der Waals surface area contributed by atoms with Crippen molar-refractivity contribution < 1.29 is 28.5 Å². The van der Waals surface area contributed by atoms with E-state index < -0.39 is 5.97 Å². The number of esters is 1. The van der Waals surface area contributed by atoms with Gasteiger partial charge in [0.2, 0.25) is 0 Å². The predicted octanol–water partition coefficient (Wildman–Crippen LogP) is 8.76. The third-order valence-corrected chi connectivity index (χ3v) is 6.67. The van der Waals surface area contributed by atoms with Crippen molar-refractivity contribution in [1.82, 2.24) is 0 Å². The van der Waals surface area contributed by atoms with Gasteiger partial charge < -0.3 is 23.7 Å². The van der Waals surface area contributed by atoms with Gasteiger partial charge in [-0.15, -0.1) is 0 Å². The van der Waals surface area contributed by atoms with E-state index in [2.05, 4.69) is 34.3 Å². The highest BCUT2D eigenvalue weighted by Gasteiger charge is 2.42. The van der Waals surface area contributed by atoms with Crippen LogP contribution in [0, 0.1) is 5.92 Å². The highest BCUT2D eigenvalue weighted by Crippen LogP contribution is 2.35. The van der Waals surface area contributed by atoms with E-state index >= 15 is 0 Å². The van der Waals surface area contributed by atoms with Gasteiger partial charge in [-0.25, -0.2) is 4.79 Å². The molecule has 6 heteroatoms. The molecular formula is C32H62O6. The van der Waals surface area contributed by atoms with E-state index in [1.165, 1.54) is 32.1 Å². The van der Waals surface area contributed by atoms with Crippen molar-refractivity contribution in [3.8, 4) is 0 Å². The average molecular weight is 543 g/mol. The number of hydrogen-bond acceptors (Lipinski definition) is 6. The Morgan fingerprint density at radius 1 is 0.605 bits per heavy atom. The SMILES string of the molecule is C=C(C)C(=O)OCCCOCCCC(CCCCCCCC)C(OCCCC)(OCCCC)OCCCC. The van der Waals surface area contributed by atoms with E-state index in [-0.39, 0.29) is 11.9 Å². The van der Waals surface area contributed by atoms with Crippen LogP contribution in [0.3, 0.4) is 0 Å².